The van der Waals surface area contributed by atoms with Gasteiger partial charge in [0.05, 0.1) is 17.4 Å². The molecule has 1 saturated carbocycles. The molecule has 3 atom stereocenters. The van der Waals surface area contributed by atoms with Crippen molar-refractivity contribution in [2.75, 3.05) is 6.54 Å². The van der Waals surface area contributed by atoms with E-state index in [2.05, 4.69) is 48.9 Å². The minimum Gasteiger partial charge on any atom is -0.308 e. The zero-order valence-electron chi connectivity index (χ0n) is 13.7. The van der Waals surface area contributed by atoms with Gasteiger partial charge < -0.3 is 5.32 Å². The Morgan fingerprint density at radius 2 is 2.20 bits per heavy atom. The zero-order valence-corrected chi connectivity index (χ0v) is 13.7. The highest BCUT2D eigenvalue weighted by Gasteiger charge is 2.29. The minimum absolute atomic E-state index is 0.485. The van der Waals surface area contributed by atoms with Gasteiger partial charge in [-0.1, -0.05) is 26.7 Å². The lowest BCUT2D eigenvalue weighted by Gasteiger charge is -2.34. The molecule has 0 aliphatic heterocycles. The van der Waals surface area contributed by atoms with Crippen LogP contribution in [0, 0.1) is 18.8 Å². The highest BCUT2D eigenvalue weighted by atomic mass is 15.3. The maximum atomic E-state index is 4.65. The predicted octanol–water partition coefficient (Wildman–Crippen LogP) is 4.08. The van der Waals surface area contributed by atoms with Gasteiger partial charge in [0.2, 0.25) is 0 Å². The molecule has 1 aromatic rings. The number of rotatable bonds is 6. The summed E-state index contributed by atoms with van der Waals surface area (Å²) >= 11 is 0. The molecule has 114 valence electrons. The van der Waals surface area contributed by atoms with Gasteiger partial charge in [0.25, 0.3) is 0 Å². The first kappa shape index (κ1) is 15.6. The monoisotopic (exact) mass is 277 g/mol. The summed E-state index contributed by atoms with van der Waals surface area (Å²) in [4.78, 5) is 0. The molecule has 0 aromatic carbocycles. The van der Waals surface area contributed by atoms with Crippen LogP contribution in [0.4, 0.5) is 0 Å². The van der Waals surface area contributed by atoms with Gasteiger partial charge in [-0.15, -0.1) is 0 Å². The topological polar surface area (TPSA) is 29.9 Å². The van der Waals surface area contributed by atoms with Crippen LogP contribution < -0.4 is 5.32 Å². The summed E-state index contributed by atoms with van der Waals surface area (Å²) in [6.07, 6.45) is 6.70. The van der Waals surface area contributed by atoms with E-state index in [-0.39, 0.29) is 0 Å². The third-order valence-corrected chi connectivity index (χ3v) is 4.61. The zero-order chi connectivity index (χ0) is 14.5. The Morgan fingerprint density at radius 3 is 2.85 bits per heavy atom. The fraction of sp³-hybridized carbons (Fsp3) is 0.824. The Labute approximate surface area is 124 Å². The van der Waals surface area contributed by atoms with Gasteiger partial charge in [-0.3, -0.25) is 4.68 Å². The average molecular weight is 277 g/mol. The second-order valence-electron chi connectivity index (χ2n) is 6.49. The van der Waals surface area contributed by atoms with E-state index in [1.807, 2.05) is 0 Å². The van der Waals surface area contributed by atoms with Crippen molar-refractivity contribution in [2.24, 2.45) is 11.8 Å². The molecule has 3 heteroatoms. The lowest BCUT2D eigenvalue weighted by molar-refractivity contribution is 0.217. The average Bonchev–Trinajstić information content (AvgIpc) is 2.80. The third kappa shape index (κ3) is 3.63. The van der Waals surface area contributed by atoms with Gasteiger partial charge in [0.1, 0.15) is 0 Å². The van der Waals surface area contributed by atoms with E-state index < -0.39 is 0 Å². The number of aryl methyl sites for hydroxylation is 2. The van der Waals surface area contributed by atoms with Crippen molar-refractivity contribution in [1.29, 1.82) is 0 Å². The summed E-state index contributed by atoms with van der Waals surface area (Å²) < 4.78 is 2.20. The van der Waals surface area contributed by atoms with E-state index in [1.54, 1.807) is 0 Å². The summed E-state index contributed by atoms with van der Waals surface area (Å²) in [6, 6.07) is 2.77. The second kappa shape index (κ2) is 7.26. The molecule has 1 aliphatic rings. The van der Waals surface area contributed by atoms with Crippen LogP contribution in [0.5, 0.6) is 0 Å². The lowest BCUT2D eigenvalue weighted by Crippen LogP contribution is -2.33. The summed E-state index contributed by atoms with van der Waals surface area (Å²) in [5, 5.41) is 8.45. The maximum Gasteiger partial charge on any atom is 0.0597 e. The molecular weight excluding hydrogens is 246 g/mol. The molecule has 1 fully saturated rings. The van der Waals surface area contributed by atoms with E-state index in [4.69, 9.17) is 0 Å². The number of nitrogens with one attached hydrogen (secondary N) is 1. The fourth-order valence-corrected chi connectivity index (χ4v) is 3.67. The predicted molar refractivity (Wildman–Crippen MR) is 84.8 cm³/mol. The number of nitrogens with zero attached hydrogens (tertiary/aromatic N) is 2. The first-order valence-corrected chi connectivity index (χ1v) is 8.43. The number of hydrogen-bond donors (Lipinski definition) is 1. The Balaban J connectivity index is 2.21. The first-order chi connectivity index (χ1) is 9.65. The summed E-state index contributed by atoms with van der Waals surface area (Å²) in [5.74, 6) is 1.64. The molecule has 1 aliphatic carbocycles. The molecule has 0 radical (unpaired) electrons. The highest BCUT2D eigenvalue weighted by molar-refractivity contribution is 5.15. The molecule has 3 unspecified atom stereocenters. The van der Waals surface area contributed by atoms with Gasteiger partial charge in [0, 0.05) is 6.54 Å². The van der Waals surface area contributed by atoms with Gasteiger partial charge >= 0.3 is 0 Å². The molecule has 3 nitrogen and oxygen atoms in total. The Morgan fingerprint density at radius 1 is 1.40 bits per heavy atom. The quantitative estimate of drug-likeness (QED) is 0.849. The Kier molecular flexibility index (Phi) is 5.64. The van der Waals surface area contributed by atoms with Crippen LogP contribution in [0.25, 0.3) is 0 Å². The van der Waals surface area contributed by atoms with Crippen molar-refractivity contribution < 1.29 is 0 Å². The molecule has 2 rings (SSSR count). The van der Waals surface area contributed by atoms with Crippen molar-refractivity contribution in [2.45, 2.75) is 72.4 Å². The van der Waals surface area contributed by atoms with Gasteiger partial charge in [-0.2, -0.15) is 5.10 Å². The first-order valence-electron chi connectivity index (χ1n) is 8.43. The van der Waals surface area contributed by atoms with Gasteiger partial charge in [-0.25, -0.2) is 0 Å². The lowest BCUT2D eigenvalue weighted by atomic mass is 9.77. The Bertz CT molecular complexity index is 410. The minimum atomic E-state index is 0.485. The molecule has 0 saturated heterocycles. The van der Waals surface area contributed by atoms with Crippen LogP contribution in [0.2, 0.25) is 0 Å². The molecular formula is C17H31N3. The number of hydrogen-bond acceptors (Lipinski definition) is 2. The van der Waals surface area contributed by atoms with E-state index in [1.165, 1.54) is 37.8 Å². The largest absolute Gasteiger partial charge is 0.308 e. The van der Waals surface area contributed by atoms with Gasteiger partial charge in [0.15, 0.2) is 0 Å². The summed E-state index contributed by atoms with van der Waals surface area (Å²) in [7, 11) is 0. The molecule has 0 spiro atoms. The molecule has 1 N–H and O–H groups in total. The molecule has 20 heavy (non-hydrogen) atoms. The van der Waals surface area contributed by atoms with E-state index in [0.29, 0.717) is 6.04 Å². The van der Waals surface area contributed by atoms with Crippen LogP contribution in [-0.2, 0) is 6.54 Å². The van der Waals surface area contributed by atoms with Crippen molar-refractivity contribution in [3.63, 3.8) is 0 Å². The van der Waals surface area contributed by atoms with Crippen molar-refractivity contribution >= 4 is 0 Å². The van der Waals surface area contributed by atoms with Gasteiger partial charge in [-0.05, 0) is 57.6 Å². The Hall–Kier alpha value is -0.830. The van der Waals surface area contributed by atoms with Crippen molar-refractivity contribution in [3.05, 3.63) is 17.5 Å². The highest BCUT2D eigenvalue weighted by Crippen LogP contribution is 2.37. The van der Waals surface area contributed by atoms with E-state index >= 15 is 0 Å². The standard InChI is InChI=1S/C17H31N3/c1-5-10-18-17(15-9-7-8-13(3)11-15)16-12-14(4)19-20(16)6-2/h12-13,15,17-18H,5-11H2,1-4H3. The van der Waals surface area contributed by atoms with Crippen LogP contribution in [0.3, 0.4) is 0 Å². The van der Waals surface area contributed by atoms with Crippen LogP contribution in [0.1, 0.15) is 70.3 Å². The normalized spacial score (nSPS) is 24.8. The van der Waals surface area contributed by atoms with Crippen LogP contribution in [0.15, 0.2) is 6.07 Å². The SMILES string of the molecule is CCCNC(c1cc(C)nn1CC)C1CCCC(C)C1. The van der Waals surface area contributed by atoms with Crippen molar-refractivity contribution in [3.8, 4) is 0 Å². The third-order valence-electron chi connectivity index (χ3n) is 4.61. The number of aromatic nitrogens is 2. The van der Waals surface area contributed by atoms with E-state index in [0.717, 1.165) is 30.6 Å². The maximum absolute atomic E-state index is 4.65. The van der Waals surface area contributed by atoms with Crippen LogP contribution in [-0.4, -0.2) is 16.3 Å². The molecule has 1 aromatic heterocycles. The van der Waals surface area contributed by atoms with E-state index in [9.17, 15) is 0 Å². The van der Waals surface area contributed by atoms with Crippen LogP contribution >= 0.6 is 0 Å². The summed E-state index contributed by atoms with van der Waals surface area (Å²) in [6.45, 7) is 11.0. The second-order valence-corrected chi connectivity index (χ2v) is 6.49. The smallest absolute Gasteiger partial charge is 0.0597 e. The fourth-order valence-electron chi connectivity index (χ4n) is 3.67. The van der Waals surface area contributed by atoms with Crippen molar-refractivity contribution in [1.82, 2.24) is 15.1 Å². The molecule has 0 amide bonds. The summed E-state index contributed by atoms with van der Waals surface area (Å²) in [5.41, 5.74) is 2.55. The molecule has 1 heterocycles. The molecule has 0 bridgehead atoms.